The lowest BCUT2D eigenvalue weighted by molar-refractivity contribution is -0.151. The van der Waals surface area contributed by atoms with Crippen molar-refractivity contribution in [1.29, 1.82) is 0 Å². The van der Waals surface area contributed by atoms with Crippen molar-refractivity contribution in [3.05, 3.63) is 29.8 Å². The van der Waals surface area contributed by atoms with Crippen molar-refractivity contribution in [2.75, 3.05) is 6.61 Å². The van der Waals surface area contributed by atoms with Crippen LogP contribution in [0.4, 0.5) is 0 Å². The number of hydrogen-bond donors (Lipinski definition) is 0. The number of hydrogen-bond acceptors (Lipinski definition) is 3. The molecule has 22 heavy (non-hydrogen) atoms. The Balaban J connectivity index is 1.75. The summed E-state index contributed by atoms with van der Waals surface area (Å²) in [5.41, 5.74) is 1.22. The Hall–Kier alpha value is -1.51. The van der Waals surface area contributed by atoms with E-state index in [1.807, 2.05) is 13.0 Å². The third-order valence-electron chi connectivity index (χ3n) is 4.76. The number of carbonyl (C=O) groups excluding carboxylic acids is 1. The average molecular weight is 302 g/mol. The summed E-state index contributed by atoms with van der Waals surface area (Å²) < 4.78 is 11.8. The summed E-state index contributed by atoms with van der Waals surface area (Å²) in [6.07, 6.45) is 7.42. The van der Waals surface area contributed by atoms with Gasteiger partial charge < -0.3 is 9.47 Å². The molecule has 0 saturated heterocycles. The van der Waals surface area contributed by atoms with Crippen LogP contribution in [0.2, 0.25) is 0 Å². The molecule has 2 atom stereocenters. The summed E-state index contributed by atoms with van der Waals surface area (Å²) in [7, 11) is 0. The molecule has 3 nitrogen and oxygen atoms in total. The third kappa shape index (κ3) is 3.82. The van der Waals surface area contributed by atoms with Crippen LogP contribution in [-0.2, 0) is 9.53 Å². The molecule has 0 spiro atoms. The van der Waals surface area contributed by atoms with Crippen LogP contribution in [0.5, 0.6) is 5.75 Å². The Kier molecular flexibility index (Phi) is 5.01. The summed E-state index contributed by atoms with van der Waals surface area (Å²) in [5, 5.41) is 0. The van der Waals surface area contributed by atoms with E-state index in [9.17, 15) is 4.79 Å². The van der Waals surface area contributed by atoms with Crippen LogP contribution >= 0.6 is 0 Å². The molecule has 2 aliphatic rings. The van der Waals surface area contributed by atoms with Gasteiger partial charge in [-0.3, -0.25) is 4.79 Å². The van der Waals surface area contributed by atoms with Gasteiger partial charge in [0.05, 0.1) is 6.61 Å². The highest BCUT2D eigenvalue weighted by atomic mass is 16.5. The van der Waals surface area contributed by atoms with Crippen LogP contribution in [0, 0.1) is 5.92 Å². The van der Waals surface area contributed by atoms with E-state index in [0.717, 1.165) is 37.5 Å². The van der Waals surface area contributed by atoms with Crippen LogP contribution in [0.3, 0.4) is 0 Å². The normalized spacial score (nSPS) is 24.8. The van der Waals surface area contributed by atoms with Gasteiger partial charge in [0, 0.05) is 17.9 Å². The Labute approximate surface area is 133 Å². The topological polar surface area (TPSA) is 35.5 Å². The quantitative estimate of drug-likeness (QED) is 0.728. The predicted molar refractivity (Wildman–Crippen MR) is 86.0 cm³/mol. The van der Waals surface area contributed by atoms with Crippen LogP contribution < -0.4 is 4.74 Å². The molecular formula is C19H26O3. The third-order valence-corrected chi connectivity index (χ3v) is 4.76. The molecule has 2 saturated carbocycles. The molecule has 3 rings (SSSR count). The fourth-order valence-corrected chi connectivity index (χ4v) is 3.26. The Morgan fingerprint density at radius 3 is 2.68 bits per heavy atom. The molecule has 3 heteroatoms. The number of ether oxygens (including phenoxy) is 2. The fraction of sp³-hybridized carbons (Fsp3) is 0.632. The van der Waals surface area contributed by atoms with E-state index in [-0.39, 0.29) is 18.0 Å². The van der Waals surface area contributed by atoms with Gasteiger partial charge >= 0.3 is 5.97 Å². The first-order valence-corrected chi connectivity index (χ1v) is 8.69. The lowest BCUT2D eigenvalue weighted by Gasteiger charge is -2.32. The molecule has 1 aromatic carbocycles. The number of carbonyl (C=O) groups is 1. The predicted octanol–water partition coefficient (Wildman–Crippen LogP) is 4.45. The van der Waals surface area contributed by atoms with Crippen molar-refractivity contribution < 1.29 is 14.3 Å². The molecule has 0 aromatic heterocycles. The van der Waals surface area contributed by atoms with E-state index in [0.29, 0.717) is 6.42 Å². The van der Waals surface area contributed by atoms with Gasteiger partial charge in [0.1, 0.15) is 11.9 Å². The van der Waals surface area contributed by atoms with Crippen molar-refractivity contribution in [3.63, 3.8) is 0 Å². The SMILES string of the molecule is CCC(=O)OC1CCCCC1c1ccccc1OCC1CC1. The van der Waals surface area contributed by atoms with Gasteiger partial charge in [-0.05, 0) is 44.1 Å². The van der Waals surface area contributed by atoms with Gasteiger partial charge in [0.2, 0.25) is 0 Å². The molecule has 0 aliphatic heterocycles. The molecule has 0 amide bonds. The molecule has 0 radical (unpaired) electrons. The summed E-state index contributed by atoms with van der Waals surface area (Å²) in [5.74, 6) is 1.92. The number of para-hydroxylation sites is 1. The van der Waals surface area contributed by atoms with Crippen molar-refractivity contribution in [1.82, 2.24) is 0 Å². The van der Waals surface area contributed by atoms with Gasteiger partial charge in [-0.2, -0.15) is 0 Å². The van der Waals surface area contributed by atoms with Crippen LogP contribution in [0.15, 0.2) is 24.3 Å². The molecule has 1 aromatic rings. The first-order chi connectivity index (χ1) is 10.8. The van der Waals surface area contributed by atoms with Crippen LogP contribution in [0.1, 0.15) is 63.4 Å². The van der Waals surface area contributed by atoms with E-state index >= 15 is 0 Å². The van der Waals surface area contributed by atoms with E-state index in [2.05, 4.69) is 18.2 Å². The maximum Gasteiger partial charge on any atom is 0.305 e. The fourth-order valence-electron chi connectivity index (χ4n) is 3.26. The van der Waals surface area contributed by atoms with E-state index in [4.69, 9.17) is 9.47 Å². The monoisotopic (exact) mass is 302 g/mol. The lowest BCUT2D eigenvalue weighted by atomic mass is 9.81. The molecular weight excluding hydrogens is 276 g/mol. The smallest absolute Gasteiger partial charge is 0.305 e. The lowest BCUT2D eigenvalue weighted by Crippen LogP contribution is -2.28. The second kappa shape index (κ2) is 7.17. The minimum Gasteiger partial charge on any atom is -0.493 e. The largest absolute Gasteiger partial charge is 0.493 e. The molecule has 0 heterocycles. The first kappa shape index (κ1) is 15.4. The molecule has 120 valence electrons. The van der Waals surface area contributed by atoms with Crippen molar-refractivity contribution in [3.8, 4) is 5.75 Å². The van der Waals surface area contributed by atoms with Crippen LogP contribution in [0.25, 0.3) is 0 Å². The summed E-state index contributed by atoms with van der Waals surface area (Å²) >= 11 is 0. The summed E-state index contributed by atoms with van der Waals surface area (Å²) in [6.45, 7) is 2.68. The van der Waals surface area contributed by atoms with E-state index in [1.54, 1.807) is 0 Å². The maximum atomic E-state index is 11.7. The molecule has 2 fully saturated rings. The van der Waals surface area contributed by atoms with Gasteiger partial charge in [-0.1, -0.05) is 31.5 Å². The Morgan fingerprint density at radius 1 is 1.14 bits per heavy atom. The van der Waals surface area contributed by atoms with Gasteiger partial charge in [0.15, 0.2) is 0 Å². The second-order valence-corrected chi connectivity index (χ2v) is 6.57. The average Bonchev–Trinajstić information content (AvgIpc) is 3.38. The standard InChI is InChI=1S/C19H26O3/c1-2-19(20)22-18-10-6-4-8-16(18)15-7-3-5-9-17(15)21-13-14-11-12-14/h3,5,7,9,14,16,18H,2,4,6,8,10-13H2,1H3. The number of benzene rings is 1. The zero-order valence-corrected chi connectivity index (χ0v) is 13.4. The van der Waals surface area contributed by atoms with Crippen molar-refractivity contribution in [2.24, 2.45) is 5.92 Å². The highest BCUT2D eigenvalue weighted by Crippen LogP contribution is 2.40. The highest BCUT2D eigenvalue weighted by molar-refractivity contribution is 5.69. The molecule has 2 unspecified atom stereocenters. The highest BCUT2D eigenvalue weighted by Gasteiger charge is 2.31. The van der Waals surface area contributed by atoms with Crippen molar-refractivity contribution >= 4 is 5.97 Å². The van der Waals surface area contributed by atoms with Gasteiger partial charge in [-0.15, -0.1) is 0 Å². The summed E-state index contributed by atoms with van der Waals surface area (Å²) in [4.78, 5) is 11.7. The van der Waals surface area contributed by atoms with E-state index < -0.39 is 0 Å². The first-order valence-electron chi connectivity index (χ1n) is 8.69. The zero-order valence-electron chi connectivity index (χ0n) is 13.4. The maximum absolute atomic E-state index is 11.7. The minimum atomic E-state index is -0.0896. The zero-order chi connectivity index (χ0) is 15.4. The van der Waals surface area contributed by atoms with Gasteiger partial charge in [-0.25, -0.2) is 0 Å². The van der Waals surface area contributed by atoms with Crippen LogP contribution in [-0.4, -0.2) is 18.7 Å². The van der Waals surface area contributed by atoms with Crippen molar-refractivity contribution in [2.45, 2.75) is 63.9 Å². The Morgan fingerprint density at radius 2 is 1.91 bits per heavy atom. The second-order valence-electron chi connectivity index (χ2n) is 6.57. The molecule has 0 N–H and O–H groups in total. The summed E-state index contributed by atoms with van der Waals surface area (Å²) in [6, 6.07) is 8.30. The number of rotatable bonds is 6. The van der Waals surface area contributed by atoms with Gasteiger partial charge in [0.25, 0.3) is 0 Å². The molecule has 2 aliphatic carbocycles. The molecule has 0 bridgehead atoms. The van der Waals surface area contributed by atoms with E-state index in [1.165, 1.54) is 24.8 Å². The number of esters is 1. The minimum absolute atomic E-state index is 0.00637. The Bertz CT molecular complexity index is 507.